The molecule has 1 heterocycles. The van der Waals surface area contributed by atoms with Gasteiger partial charge in [-0.3, -0.25) is 9.36 Å². The highest BCUT2D eigenvalue weighted by Crippen LogP contribution is 2.45. The molecule has 0 saturated heterocycles. The van der Waals surface area contributed by atoms with Crippen LogP contribution in [0.15, 0.2) is 28.1 Å². The normalized spacial score (nSPS) is 19.0. The minimum Gasteiger partial charge on any atom is -0.481 e. The summed E-state index contributed by atoms with van der Waals surface area (Å²) >= 11 is 4.55. The Morgan fingerprint density at radius 2 is 2.16 bits per heavy atom. The number of rotatable bonds is 5. The van der Waals surface area contributed by atoms with E-state index in [0.29, 0.717) is 22.2 Å². The predicted octanol–water partition coefficient (Wildman–Crippen LogP) is 3.01. The smallest absolute Gasteiger partial charge is 0.313 e. The Kier molecular flexibility index (Phi) is 4.43. The Balaban J connectivity index is 1.82. The maximum absolute atomic E-state index is 10.9. The number of thioether (sulfide) groups is 1. The van der Waals surface area contributed by atoms with Crippen LogP contribution in [0.4, 0.5) is 0 Å². The lowest BCUT2D eigenvalue weighted by molar-refractivity contribution is -0.133. The molecule has 8 heteroatoms. The van der Waals surface area contributed by atoms with Crippen molar-refractivity contribution in [3.05, 3.63) is 39.6 Å². The number of carbonyl (C=O) groups is 1. The summed E-state index contributed by atoms with van der Waals surface area (Å²) in [5.74, 6) is -0.390. The number of nitrogens with zero attached hydrogens (tertiary/aromatic N) is 3. The second kappa shape index (κ2) is 6.59. The molecule has 1 fully saturated rings. The van der Waals surface area contributed by atoms with Crippen molar-refractivity contribution in [2.45, 2.75) is 36.4 Å². The molecule has 1 saturated carbocycles. The van der Waals surface area contributed by atoms with Gasteiger partial charge >= 0.3 is 5.97 Å². The molecule has 0 radical (unpaired) electrons. The summed E-state index contributed by atoms with van der Waals surface area (Å²) in [6.45, 7) is 0. The van der Waals surface area contributed by atoms with Crippen molar-refractivity contribution < 1.29 is 15.0 Å². The first-order valence-electron chi connectivity index (χ1n) is 8.02. The molecule has 1 aromatic heterocycles. The van der Waals surface area contributed by atoms with Gasteiger partial charge in [0.2, 0.25) is 4.73 Å². The zero-order valence-electron chi connectivity index (χ0n) is 13.2. The molecule has 2 aliphatic rings. The Labute approximate surface area is 157 Å². The standard InChI is InChI=1S/C17H16BrN3O3S/c18-16-19-20-17(25-8-15(23)24)21(16)14-6-5-11(9-1-2-9)13-7-10(22)3-4-12(13)14/h3-6,9-10,22H,1-2,7-8H2,(H,23,24). The lowest BCUT2D eigenvalue weighted by Crippen LogP contribution is -2.16. The van der Waals surface area contributed by atoms with Crippen LogP contribution in [0, 0.1) is 0 Å². The van der Waals surface area contributed by atoms with Crippen LogP contribution in [0.3, 0.4) is 0 Å². The van der Waals surface area contributed by atoms with E-state index in [4.69, 9.17) is 5.11 Å². The van der Waals surface area contributed by atoms with E-state index in [2.05, 4.69) is 32.2 Å². The van der Waals surface area contributed by atoms with Gasteiger partial charge in [0.15, 0.2) is 5.16 Å². The summed E-state index contributed by atoms with van der Waals surface area (Å²) in [7, 11) is 0. The highest BCUT2D eigenvalue weighted by atomic mass is 79.9. The average Bonchev–Trinajstić information content (AvgIpc) is 3.35. The van der Waals surface area contributed by atoms with E-state index in [-0.39, 0.29) is 5.75 Å². The van der Waals surface area contributed by atoms with Crippen molar-refractivity contribution in [2.75, 3.05) is 5.75 Å². The number of hydrogen-bond acceptors (Lipinski definition) is 5. The van der Waals surface area contributed by atoms with Gasteiger partial charge in [0.05, 0.1) is 17.5 Å². The Morgan fingerprint density at radius 1 is 1.36 bits per heavy atom. The summed E-state index contributed by atoms with van der Waals surface area (Å²) < 4.78 is 2.35. The van der Waals surface area contributed by atoms with Crippen LogP contribution in [-0.4, -0.2) is 42.8 Å². The summed E-state index contributed by atoms with van der Waals surface area (Å²) in [5.41, 5.74) is 4.43. The number of carboxylic acids is 1. The summed E-state index contributed by atoms with van der Waals surface area (Å²) in [4.78, 5) is 10.9. The third kappa shape index (κ3) is 3.26. The van der Waals surface area contributed by atoms with Crippen LogP contribution in [0.25, 0.3) is 11.8 Å². The van der Waals surface area contributed by atoms with E-state index in [1.165, 1.54) is 24.0 Å². The van der Waals surface area contributed by atoms with Gasteiger partial charge in [0.25, 0.3) is 0 Å². The lowest BCUT2D eigenvalue weighted by Gasteiger charge is -2.22. The molecule has 2 aliphatic carbocycles. The van der Waals surface area contributed by atoms with Crippen LogP contribution in [-0.2, 0) is 11.2 Å². The molecule has 1 aromatic carbocycles. The van der Waals surface area contributed by atoms with E-state index in [1.807, 2.05) is 16.7 Å². The fourth-order valence-corrected chi connectivity index (χ4v) is 4.43. The van der Waals surface area contributed by atoms with Crippen LogP contribution < -0.4 is 0 Å². The minimum atomic E-state index is -0.898. The Hall–Kier alpha value is -1.64. The minimum absolute atomic E-state index is 0.0813. The molecule has 2 aromatic rings. The van der Waals surface area contributed by atoms with Crippen molar-refractivity contribution >= 4 is 39.7 Å². The predicted molar refractivity (Wildman–Crippen MR) is 98.1 cm³/mol. The molecule has 1 atom stereocenters. The fraction of sp³-hybridized carbons (Fsp3) is 0.353. The molecule has 0 bridgehead atoms. The highest BCUT2D eigenvalue weighted by Gasteiger charge is 2.30. The molecule has 1 unspecified atom stereocenters. The first-order chi connectivity index (χ1) is 12.0. The number of aromatic nitrogens is 3. The molecular weight excluding hydrogens is 406 g/mol. The van der Waals surface area contributed by atoms with Crippen molar-refractivity contribution in [1.29, 1.82) is 0 Å². The Bertz CT molecular complexity index is 876. The van der Waals surface area contributed by atoms with Gasteiger partial charge in [-0.1, -0.05) is 30.0 Å². The second-order valence-corrected chi connectivity index (χ2v) is 7.89. The molecular formula is C17H16BrN3O3S. The zero-order valence-corrected chi connectivity index (χ0v) is 15.6. The van der Waals surface area contributed by atoms with Gasteiger partial charge in [-0.15, -0.1) is 10.2 Å². The third-order valence-corrected chi connectivity index (χ3v) is 5.87. The second-order valence-electron chi connectivity index (χ2n) is 6.24. The van der Waals surface area contributed by atoms with Gasteiger partial charge in [-0.05, 0) is 51.9 Å². The van der Waals surface area contributed by atoms with Gasteiger partial charge < -0.3 is 10.2 Å². The molecule has 0 spiro atoms. The number of aliphatic carboxylic acids is 1. The monoisotopic (exact) mass is 421 g/mol. The Morgan fingerprint density at radius 3 is 2.88 bits per heavy atom. The number of hydrogen-bond donors (Lipinski definition) is 2. The maximum Gasteiger partial charge on any atom is 0.313 e. The van der Waals surface area contributed by atoms with Crippen molar-refractivity contribution in [2.24, 2.45) is 0 Å². The van der Waals surface area contributed by atoms with E-state index in [0.717, 1.165) is 23.0 Å². The zero-order chi connectivity index (χ0) is 17.6. The number of aliphatic hydroxyl groups excluding tert-OH is 1. The maximum atomic E-state index is 10.9. The van der Waals surface area contributed by atoms with E-state index in [1.54, 1.807) is 6.08 Å². The third-order valence-electron chi connectivity index (χ3n) is 4.45. The largest absolute Gasteiger partial charge is 0.481 e. The molecule has 4 rings (SSSR count). The molecule has 25 heavy (non-hydrogen) atoms. The van der Waals surface area contributed by atoms with Crippen LogP contribution >= 0.6 is 27.7 Å². The van der Waals surface area contributed by atoms with Crippen molar-refractivity contribution in [3.63, 3.8) is 0 Å². The first kappa shape index (κ1) is 16.8. The van der Waals surface area contributed by atoms with Gasteiger partial charge in [-0.25, -0.2) is 0 Å². The SMILES string of the molecule is O=C(O)CSc1nnc(Br)n1-c1ccc(C2CC2)c2c1C=CC(O)C2. The molecule has 6 nitrogen and oxygen atoms in total. The van der Waals surface area contributed by atoms with E-state index < -0.39 is 12.1 Å². The van der Waals surface area contributed by atoms with E-state index >= 15 is 0 Å². The molecule has 0 aliphatic heterocycles. The number of aliphatic hydroxyl groups is 1. The van der Waals surface area contributed by atoms with Crippen molar-refractivity contribution in [1.82, 2.24) is 14.8 Å². The average molecular weight is 422 g/mol. The van der Waals surface area contributed by atoms with E-state index in [9.17, 15) is 9.90 Å². The highest BCUT2D eigenvalue weighted by molar-refractivity contribution is 9.10. The fourth-order valence-electron chi connectivity index (χ4n) is 3.21. The first-order valence-corrected chi connectivity index (χ1v) is 9.80. The lowest BCUT2D eigenvalue weighted by atomic mass is 9.88. The number of fused-ring (bicyclic) bond motifs is 1. The van der Waals surface area contributed by atoms with Crippen LogP contribution in [0.1, 0.15) is 35.4 Å². The van der Waals surface area contributed by atoms with Gasteiger partial charge in [0, 0.05) is 12.0 Å². The molecule has 0 amide bonds. The van der Waals surface area contributed by atoms with Gasteiger partial charge in [0.1, 0.15) is 0 Å². The summed E-state index contributed by atoms with van der Waals surface area (Å²) in [6.07, 6.45) is 6.27. The van der Waals surface area contributed by atoms with Gasteiger partial charge in [-0.2, -0.15) is 0 Å². The summed E-state index contributed by atoms with van der Waals surface area (Å²) in [6, 6.07) is 4.16. The number of carboxylic acid groups (broad SMARTS) is 1. The quantitative estimate of drug-likeness (QED) is 0.721. The number of halogens is 1. The van der Waals surface area contributed by atoms with Crippen LogP contribution in [0.2, 0.25) is 0 Å². The summed E-state index contributed by atoms with van der Waals surface area (Å²) in [5, 5.41) is 27.7. The molecule has 2 N–H and O–H groups in total. The van der Waals surface area contributed by atoms with Crippen molar-refractivity contribution in [3.8, 4) is 5.69 Å². The topological polar surface area (TPSA) is 88.2 Å². The molecule has 130 valence electrons. The number of benzene rings is 1. The van der Waals surface area contributed by atoms with Crippen LogP contribution in [0.5, 0.6) is 0 Å².